The smallest absolute Gasteiger partial charge is 0.273 e. The van der Waals surface area contributed by atoms with Gasteiger partial charge in [0.1, 0.15) is 0 Å². The highest BCUT2D eigenvalue weighted by molar-refractivity contribution is 5.99. The number of fused-ring (bicyclic) bond motifs is 1. The lowest BCUT2D eigenvalue weighted by atomic mass is 10.1. The molecule has 0 aliphatic rings. The summed E-state index contributed by atoms with van der Waals surface area (Å²) in [6.07, 6.45) is 3.48. The molecule has 0 bridgehead atoms. The number of para-hydroxylation sites is 2. The number of aromatic nitrogens is 1. The van der Waals surface area contributed by atoms with E-state index in [4.69, 9.17) is 0 Å². The van der Waals surface area contributed by atoms with E-state index in [1.165, 1.54) is 17.2 Å². The number of nitrogens with one attached hydrogen (secondary N) is 1. The Morgan fingerprint density at radius 2 is 1.78 bits per heavy atom. The van der Waals surface area contributed by atoms with E-state index in [-0.39, 0.29) is 12.1 Å². The first-order chi connectivity index (χ1) is 15.5. The van der Waals surface area contributed by atoms with Gasteiger partial charge in [-0.2, -0.15) is 5.10 Å². The van der Waals surface area contributed by atoms with Crippen molar-refractivity contribution < 1.29 is 9.72 Å². The third kappa shape index (κ3) is 4.73. The molecule has 4 aromatic rings. The van der Waals surface area contributed by atoms with E-state index in [2.05, 4.69) is 46.3 Å². The van der Waals surface area contributed by atoms with Gasteiger partial charge in [0, 0.05) is 40.8 Å². The van der Waals surface area contributed by atoms with Crippen LogP contribution in [0.1, 0.15) is 22.3 Å². The first-order valence-electron chi connectivity index (χ1n) is 10.2. The van der Waals surface area contributed by atoms with E-state index in [0.717, 1.165) is 23.0 Å². The molecule has 0 aliphatic carbocycles. The van der Waals surface area contributed by atoms with Gasteiger partial charge in [-0.3, -0.25) is 14.9 Å². The highest BCUT2D eigenvalue weighted by Gasteiger charge is 2.15. The van der Waals surface area contributed by atoms with Gasteiger partial charge in [0.05, 0.1) is 17.6 Å². The van der Waals surface area contributed by atoms with Gasteiger partial charge in [-0.15, -0.1) is 0 Å². The molecule has 1 N–H and O–H groups in total. The first-order valence-corrected chi connectivity index (χ1v) is 10.2. The molecular formula is C25H22N4O3. The number of aryl methyl sites for hydroxylation is 1. The summed E-state index contributed by atoms with van der Waals surface area (Å²) in [5.74, 6) is -0.418. The van der Waals surface area contributed by atoms with Gasteiger partial charge >= 0.3 is 0 Å². The van der Waals surface area contributed by atoms with Crippen LogP contribution in [0.5, 0.6) is 0 Å². The van der Waals surface area contributed by atoms with Crippen molar-refractivity contribution in [3.63, 3.8) is 0 Å². The molecule has 0 unspecified atom stereocenters. The Bertz CT molecular complexity index is 1310. The number of hydrogen-bond donors (Lipinski definition) is 1. The molecule has 0 saturated heterocycles. The van der Waals surface area contributed by atoms with Crippen LogP contribution in [0.2, 0.25) is 0 Å². The van der Waals surface area contributed by atoms with Crippen LogP contribution in [0, 0.1) is 17.0 Å². The van der Waals surface area contributed by atoms with Gasteiger partial charge in [0.25, 0.3) is 5.69 Å². The maximum atomic E-state index is 12.3. The average Bonchev–Trinajstić information content (AvgIpc) is 3.13. The number of benzene rings is 3. The number of amides is 1. The van der Waals surface area contributed by atoms with Gasteiger partial charge in [-0.1, -0.05) is 66.2 Å². The van der Waals surface area contributed by atoms with E-state index in [1.54, 1.807) is 24.4 Å². The number of rotatable bonds is 7. The van der Waals surface area contributed by atoms with Crippen LogP contribution in [0.25, 0.3) is 10.9 Å². The Morgan fingerprint density at radius 3 is 2.56 bits per heavy atom. The van der Waals surface area contributed by atoms with Crippen LogP contribution in [-0.4, -0.2) is 21.6 Å². The van der Waals surface area contributed by atoms with Gasteiger partial charge in [0.2, 0.25) is 5.91 Å². The zero-order valence-corrected chi connectivity index (χ0v) is 17.6. The fourth-order valence-corrected chi connectivity index (χ4v) is 3.62. The van der Waals surface area contributed by atoms with E-state index in [1.807, 2.05) is 30.5 Å². The van der Waals surface area contributed by atoms with Crippen LogP contribution in [0.15, 0.2) is 84.1 Å². The topological polar surface area (TPSA) is 89.5 Å². The normalized spacial score (nSPS) is 11.2. The maximum Gasteiger partial charge on any atom is 0.273 e. The standard InChI is InChI=1S/C25H22N4O3/c1-18-10-12-19(13-11-18)16-28-17-21(22-7-3-5-9-24(22)28)15-26-27-25(30)14-20-6-2-4-8-23(20)29(31)32/h2-13,15,17H,14,16H2,1H3,(H,27,30). The fraction of sp³-hybridized carbons (Fsp3) is 0.120. The maximum absolute atomic E-state index is 12.3. The van der Waals surface area contributed by atoms with Crippen molar-refractivity contribution in [3.8, 4) is 0 Å². The number of nitro benzene ring substituents is 1. The molecule has 0 atom stereocenters. The summed E-state index contributed by atoms with van der Waals surface area (Å²) in [6.45, 7) is 2.78. The first kappa shape index (κ1) is 21.0. The zero-order chi connectivity index (χ0) is 22.5. The van der Waals surface area contributed by atoms with Crippen LogP contribution in [0.3, 0.4) is 0 Å². The van der Waals surface area contributed by atoms with Crippen molar-refractivity contribution in [2.75, 3.05) is 0 Å². The molecule has 32 heavy (non-hydrogen) atoms. The third-order valence-corrected chi connectivity index (χ3v) is 5.23. The van der Waals surface area contributed by atoms with Crippen molar-refractivity contribution in [2.24, 2.45) is 5.10 Å². The third-order valence-electron chi connectivity index (χ3n) is 5.23. The summed E-state index contributed by atoms with van der Waals surface area (Å²) < 4.78 is 2.15. The monoisotopic (exact) mass is 426 g/mol. The molecule has 0 saturated carbocycles. The number of nitro groups is 1. The second-order valence-electron chi connectivity index (χ2n) is 7.57. The minimum absolute atomic E-state index is 0.0780. The molecule has 1 amide bonds. The Hall–Kier alpha value is -4.26. The van der Waals surface area contributed by atoms with Crippen LogP contribution < -0.4 is 5.43 Å². The molecule has 7 heteroatoms. The van der Waals surface area contributed by atoms with Crippen LogP contribution in [0.4, 0.5) is 5.69 Å². The molecule has 7 nitrogen and oxygen atoms in total. The minimum Gasteiger partial charge on any atom is -0.342 e. The summed E-state index contributed by atoms with van der Waals surface area (Å²) in [6, 6.07) is 22.6. The number of hydrogen-bond acceptors (Lipinski definition) is 4. The summed E-state index contributed by atoms with van der Waals surface area (Å²) in [4.78, 5) is 22.9. The van der Waals surface area contributed by atoms with E-state index in [0.29, 0.717) is 5.56 Å². The lowest BCUT2D eigenvalue weighted by Crippen LogP contribution is -2.20. The lowest BCUT2D eigenvalue weighted by Gasteiger charge is -2.06. The molecule has 0 aliphatic heterocycles. The van der Waals surface area contributed by atoms with Crippen molar-refractivity contribution in [1.29, 1.82) is 0 Å². The second-order valence-corrected chi connectivity index (χ2v) is 7.57. The van der Waals surface area contributed by atoms with E-state index >= 15 is 0 Å². The molecule has 4 rings (SSSR count). The summed E-state index contributed by atoms with van der Waals surface area (Å²) in [7, 11) is 0. The van der Waals surface area contributed by atoms with Crippen LogP contribution in [-0.2, 0) is 17.8 Å². The number of carbonyl (C=O) groups excluding carboxylic acids is 1. The van der Waals surface area contributed by atoms with Crippen molar-refractivity contribution in [2.45, 2.75) is 19.9 Å². The average molecular weight is 426 g/mol. The van der Waals surface area contributed by atoms with Crippen molar-refractivity contribution in [1.82, 2.24) is 9.99 Å². The minimum atomic E-state index is -0.491. The fourth-order valence-electron chi connectivity index (χ4n) is 3.62. The highest BCUT2D eigenvalue weighted by Crippen LogP contribution is 2.22. The Labute approximate surface area is 185 Å². The highest BCUT2D eigenvalue weighted by atomic mass is 16.6. The largest absolute Gasteiger partial charge is 0.342 e. The molecule has 1 heterocycles. The molecule has 0 fully saturated rings. The summed E-state index contributed by atoms with van der Waals surface area (Å²) >= 11 is 0. The second kappa shape index (κ2) is 9.26. The molecule has 0 spiro atoms. The van der Waals surface area contributed by atoms with E-state index < -0.39 is 10.8 Å². The Balaban J connectivity index is 1.50. The molecule has 0 radical (unpaired) electrons. The SMILES string of the molecule is Cc1ccc(Cn2cc(C=NNC(=O)Cc3ccccc3[N+](=O)[O-])c3ccccc32)cc1. The Morgan fingerprint density at radius 1 is 1.06 bits per heavy atom. The van der Waals surface area contributed by atoms with E-state index in [9.17, 15) is 14.9 Å². The number of carbonyl (C=O) groups is 1. The van der Waals surface area contributed by atoms with Gasteiger partial charge < -0.3 is 4.57 Å². The predicted molar refractivity (Wildman–Crippen MR) is 125 cm³/mol. The molecule has 1 aromatic heterocycles. The van der Waals surface area contributed by atoms with Gasteiger partial charge in [-0.25, -0.2) is 5.43 Å². The van der Waals surface area contributed by atoms with Crippen molar-refractivity contribution >= 4 is 28.7 Å². The number of hydrazone groups is 1. The zero-order valence-electron chi connectivity index (χ0n) is 17.6. The summed E-state index contributed by atoms with van der Waals surface area (Å²) in [5, 5.41) is 16.2. The number of nitrogens with zero attached hydrogens (tertiary/aromatic N) is 3. The Kier molecular flexibility index (Phi) is 6.07. The lowest BCUT2D eigenvalue weighted by molar-refractivity contribution is -0.385. The summed E-state index contributed by atoms with van der Waals surface area (Å²) in [5.41, 5.74) is 7.10. The molecule has 3 aromatic carbocycles. The van der Waals surface area contributed by atoms with Crippen LogP contribution >= 0.6 is 0 Å². The van der Waals surface area contributed by atoms with Gasteiger partial charge in [0.15, 0.2) is 0 Å². The van der Waals surface area contributed by atoms with Gasteiger partial charge in [-0.05, 0) is 18.6 Å². The molecular weight excluding hydrogens is 404 g/mol. The molecule has 160 valence electrons. The predicted octanol–water partition coefficient (Wildman–Crippen LogP) is 4.60. The van der Waals surface area contributed by atoms with Crippen molar-refractivity contribution in [3.05, 3.63) is 111 Å². The quantitative estimate of drug-likeness (QED) is 0.266.